The standard InChI is InChI=1S/C70H48N2/c1-69(2)61-29-11-6-24-53(61)57-37-35-51(43-65(57)69)71(49-21-4-3-5-22-49)50-23-17-20-47(41-50)45-18-16-19-46(40-45)48-34-39-68-60(42-48)59-28-10-15-33-67(59)72(68)52-36-38-58-56-27-9-14-32-64(56)70(66(58)44-52)62-30-12-7-25-54(62)55-26-8-13-31-63(55)70/h3-44H,1-2H3. The van der Waals surface area contributed by atoms with E-state index in [0.717, 1.165) is 17.1 Å². The fourth-order valence-electron chi connectivity index (χ4n) is 13.2. The van der Waals surface area contributed by atoms with E-state index in [1.165, 1.54) is 117 Å². The van der Waals surface area contributed by atoms with Crippen LogP contribution in [0.1, 0.15) is 47.2 Å². The Labute approximate surface area is 420 Å². The number of nitrogens with zero attached hydrogens (tertiary/aromatic N) is 2. The second-order valence-electron chi connectivity index (χ2n) is 20.4. The molecule has 2 nitrogen and oxygen atoms in total. The van der Waals surface area contributed by atoms with Crippen molar-refractivity contribution in [1.82, 2.24) is 4.57 Å². The molecule has 0 fully saturated rings. The second kappa shape index (κ2) is 15.3. The first-order valence-electron chi connectivity index (χ1n) is 25.2. The number of anilines is 3. The summed E-state index contributed by atoms with van der Waals surface area (Å²) in [5, 5.41) is 2.48. The highest BCUT2D eigenvalue weighted by molar-refractivity contribution is 6.11. The van der Waals surface area contributed by atoms with Gasteiger partial charge in [0.2, 0.25) is 0 Å². The van der Waals surface area contributed by atoms with Crippen molar-refractivity contribution in [1.29, 1.82) is 0 Å². The SMILES string of the molecule is CC1(C)c2ccccc2-c2ccc(N(c3ccccc3)c3cccc(-c4cccc(-c5ccc6c(c5)c5ccccc5n6-c5ccc6c(c5)C5(c7ccccc7-c7ccccc75)c5ccccc5-6)c4)c3)cc21. The lowest BCUT2D eigenvalue weighted by molar-refractivity contribution is 0.660. The van der Waals surface area contributed by atoms with Gasteiger partial charge in [0.25, 0.3) is 0 Å². The lowest BCUT2D eigenvalue weighted by atomic mass is 9.70. The summed E-state index contributed by atoms with van der Waals surface area (Å²) < 4.78 is 2.49. The van der Waals surface area contributed by atoms with Gasteiger partial charge in [-0.1, -0.05) is 196 Å². The molecule has 0 atom stereocenters. The minimum Gasteiger partial charge on any atom is -0.310 e. The number of aromatic nitrogens is 1. The molecule has 15 rings (SSSR count). The van der Waals surface area contributed by atoms with Crippen LogP contribution in [-0.2, 0) is 10.8 Å². The smallest absolute Gasteiger partial charge is 0.0726 e. The predicted molar refractivity (Wildman–Crippen MR) is 300 cm³/mol. The Morgan fingerprint density at radius 2 is 0.778 bits per heavy atom. The van der Waals surface area contributed by atoms with Crippen molar-refractivity contribution in [3.8, 4) is 61.3 Å². The van der Waals surface area contributed by atoms with Gasteiger partial charge in [-0.05, 0) is 162 Å². The summed E-state index contributed by atoms with van der Waals surface area (Å²) >= 11 is 0. The number of rotatable bonds is 6. The van der Waals surface area contributed by atoms with E-state index in [0.29, 0.717) is 0 Å². The fourth-order valence-corrected chi connectivity index (χ4v) is 13.2. The summed E-state index contributed by atoms with van der Waals surface area (Å²) in [5.41, 5.74) is 27.3. The van der Waals surface area contributed by atoms with E-state index < -0.39 is 5.41 Å². The van der Waals surface area contributed by atoms with Crippen molar-refractivity contribution in [3.63, 3.8) is 0 Å². The number of hydrogen-bond donors (Lipinski definition) is 0. The molecule has 1 spiro atoms. The topological polar surface area (TPSA) is 8.17 Å². The fraction of sp³-hybridized carbons (Fsp3) is 0.0571. The van der Waals surface area contributed by atoms with E-state index in [1.54, 1.807) is 0 Å². The maximum Gasteiger partial charge on any atom is 0.0726 e. The van der Waals surface area contributed by atoms with Gasteiger partial charge in [-0.25, -0.2) is 0 Å². The molecule has 72 heavy (non-hydrogen) atoms. The van der Waals surface area contributed by atoms with E-state index in [2.05, 4.69) is 278 Å². The molecule has 0 saturated carbocycles. The Balaban J connectivity index is 0.828. The maximum atomic E-state index is 2.49. The van der Waals surface area contributed by atoms with Gasteiger partial charge in [0.05, 0.1) is 16.4 Å². The largest absolute Gasteiger partial charge is 0.310 e. The third kappa shape index (κ3) is 5.66. The summed E-state index contributed by atoms with van der Waals surface area (Å²) in [6.45, 7) is 4.71. The predicted octanol–water partition coefficient (Wildman–Crippen LogP) is 18.2. The zero-order valence-corrected chi connectivity index (χ0v) is 40.1. The van der Waals surface area contributed by atoms with Crippen LogP contribution in [0, 0.1) is 0 Å². The van der Waals surface area contributed by atoms with Crippen LogP contribution in [0.3, 0.4) is 0 Å². The highest BCUT2D eigenvalue weighted by Crippen LogP contribution is 2.63. The Morgan fingerprint density at radius 1 is 0.292 bits per heavy atom. The summed E-state index contributed by atoms with van der Waals surface area (Å²) in [7, 11) is 0. The average molecular weight is 917 g/mol. The van der Waals surface area contributed by atoms with Gasteiger partial charge in [-0.15, -0.1) is 0 Å². The van der Waals surface area contributed by atoms with Gasteiger partial charge in [-0.3, -0.25) is 0 Å². The molecule has 11 aromatic carbocycles. The molecule has 0 bridgehead atoms. The molecule has 3 aliphatic rings. The van der Waals surface area contributed by atoms with Crippen molar-refractivity contribution in [2.45, 2.75) is 24.7 Å². The maximum absolute atomic E-state index is 2.49. The molecule has 2 heteroatoms. The Kier molecular flexibility index (Phi) is 8.66. The Bertz CT molecular complexity index is 4140. The lowest BCUT2D eigenvalue weighted by Crippen LogP contribution is -2.26. The molecule has 1 heterocycles. The van der Waals surface area contributed by atoms with Crippen LogP contribution in [0.15, 0.2) is 255 Å². The summed E-state index contributed by atoms with van der Waals surface area (Å²) in [6, 6.07) is 95.1. The number of hydrogen-bond acceptors (Lipinski definition) is 1. The molecule has 0 radical (unpaired) electrons. The van der Waals surface area contributed by atoms with E-state index in [4.69, 9.17) is 0 Å². The van der Waals surface area contributed by atoms with E-state index in [9.17, 15) is 0 Å². The third-order valence-corrected chi connectivity index (χ3v) is 16.4. The molecule has 0 unspecified atom stereocenters. The van der Waals surface area contributed by atoms with Crippen LogP contribution >= 0.6 is 0 Å². The van der Waals surface area contributed by atoms with Crippen LogP contribution < -0.4 is 4.90 Å². The van der Waals surface area contributed by atoms with Gasteiger partial charge >= 0.3 is 0 Å². The molecule has 0 saturated heterocycles. The van der Waals surface area contributed by atoms with Crippen LogP contribution in [0.2, 0.25) is 0 Å². The molecule has 0 aliphatic heterocycles. The quantitative estimate of drug-likeness (QED) is 0.161. The molecule has 0 N–H and O–H groups in total. The monoisotopic (exact) mass is 916 g/mol. The van der Waals surface area contributed by atoms with Crippen LogP contribution in [0.4, 0.5) is 17.1 Å². The zero-order valence-electron chi connectivity index (χ0n) is 40.1. The molecule has 1 aromatic heterocycles. The molecule has 0 amide bonds. The van der Waals surface area contributed by atoms with Gasteiger partial charge in [-0.2, -0.15) is 0 Å². The number of para-hydroxylation sites is 2. The average Bonchev–Trinajstić information content (AvgIpc) is 4.11. The first-order chi connectivity index (χ1) is 35.5. The van der Waals surface area contributed by atoms with Gasteiger partial charge in [0, 0.05) is 38.9 Å². The second-order valence-corrected chi connectivity index (χ2v) is 20.4. The Morgan fingerprint density at radius 3 is 1.47 bits per heavy atom. The first kappa shape index (κ1) is 40.9. The van der Waals surface area contributed by atoms with Crippen molar-refractivity contribution >= 4 is 38.9 Å². The van der Waals surface area contributed by atoms with Crippen LogP contribution in [0.25, 0.3) is 83.1 Å². The third-order valence-electron chi connectivity index (χ3n) is 16.4. The molecule has 3 aliphatic carbocycles. The van der Waals surface area contributed by atoms with Gasteiger partial charge in [0.15, 0.2) is 0 Å². The van der Waals surface area contributed by atoms with Crippen LogP contribution in [-0.4, -0.2) is 4.57 Å². The molecular weight excluding hydrogens is 869 g/mol. The van der Waals surface area contributed by atoms with Crippen molar-refractivity contribution in [3.05, 3.63) is 288 Å². The number of fused-ring (bicyclic) bond motifs is 16. The highest BCUT2D eigenvalue weighted by atomic mass is 15.1. The Hall–Kier alpha value is -8.98. The van der Waals surface area contributed by atoms with Crippen molar-refractivity contribution in [2.75, 3.05) is 4.90 Å². The van der Waals surface area contributed by atoms with Crippen molar-refractivity contribution in [2.24, 2.45) is 0 Å². The van der Waals surface area contributed by atoms with E-state index in [-0.39, 0.29) is 5.41 Å². The summed E-state index contributed by atoms with van der Waals surface area (Å²) in [4.78, 5) is 2.40. The van der Waals surface area contributed by atoms with E-state index in [1.807, 2.05) is 0 Å². The van der Waals surface area contributed by atoms with Gasteiger partial charge < -0.3 is 9.47 Å². The lowest BCUT2D eigenvalue weighted by Gasteiger charge is -2.30. The van der Waals surface area contributed by atoms with E-state index >= 15 is 0 Å². The highest BCUT2D eigenvalue weighted by Gasteiger charge is 2.51. The first-order valence-corrected chi connectivity index (χ1v) is 25.2. The normalized spacial score (nSPS) is 13.9. The minimum atomic E-state index is -0.405. The molecule has 12 aromatic rings. The number of benzene rings is 11. The summed E-state index contributed by atoms with van der Waals surface area (Å²) in [5.74, 6) is 0. The molecule has 338 valence electrons. The van der Waals surface area contributed by atoms with Gasteiger partial charge in [0.1, 0.15) is 0 Å². The minimum absolute atomic E-state index is 0.0984. The zero-order chi connectivity index (χ0) is 47.7. The van der Waals surface area contributed by atoms with Crippen molar-refractivity contribution < 1.29 is 0 Å². The summed E-state index contributed by atoms with van der Waals surface area (Å²) in [6.07, 6.45) is 0. The molecular formula is C70H48N2. The van der Waals surface area contributed by atoms with Crippen LogP contribution in [0.5, 0.6) is 0 Å².